The van der Waals surface area contributed by atoms with Crippen molar-refractivity contribution < 1.29 is 19.0 Å². The zero-order valence-corrected chi connectivity index (χ0v) is 11.4. The summed E-state index contributed by atoms with van der Waals surface area (Å²) in [6, 6.07) is 12.8. The van der Waals surface area contributed by atoms with Crippen molar-refractivity contribution in [3.63, 3.8) is 0 Å². The van der Waals surface area contributed by atoms with Gasteiger partial charge in [-0.2, -0.15) is 5.26 Å². The van der Waals surface area contributed by atoms with Gasteiger partial charge in [-0.25, -0.2) is 4.39 Å². The summed E-state index contributed by atoms with van der Waals surface area (Å²) >= 11 is 0. The lowest BCUT2D eigenvalue weighted by Gasteiger charge is -2.14. The van der Waals surface area contributed by atoms with Gasteiger partial charge in [-0.05, 0) is 29.8 Å². The number of benzene rings is 2. The molecule has 1 atom stereocenters. The van der Waals surface area contributed by atoms with E-state index in [1.807, 2.05) is 0 Å². The summed E-state index contributed by atoms with van der Waals surface area (Å²) in [6.07, 6.45) is -0.907. The Morgan fingerprint density at radius 2 is 2.05 bits per heavy atom. The Balaban J connectivity index is 2.09. The first-order valence-corrected chi connectivity index (χ1v) is 6.29. The van der Waals surface area contributed by atoms with Crippen molar-refractivity contribution in [3.05, 3.63) is 59.4 Å². The summed E-state index contributed by atoms with van der Waals surface area (Å²) in [4.78, 5) is 0. The SMILES string of the molecule is COc1cccc(C(O)COc2cccc(F)c2C#N)c1. The fraction of sp³-hybridized carbons (Fsp3) is 0.188. The van der Waals surface area contributed by atoms with Gasteiger partial charge in [0.2, 0.25) is 0 Å². The number of methoxy groups -OCH3 is 1. The van der Waals surface area contributed by atoms with Crippen LogP contribution in [0.4, 0.5) is 4.39 Å². The minimum absolute atomic E-state index is 0.0920. The molecule has 2 aromatic carbocycles. The highest BCUT2D eigenvalue weighted by atomic mass is 19.1. The van der Waals surface area contributed by atoms with Crippen LogP contribution in [0.25, 0.3) is 0 Å². The fourth-order valence-corrected chi connectivity index (χ4v) is 1.85. The van der Waals surface area contributed by atoms with Crippen molar-refractivity contribution >= 4 is 0 Å². The molecule has 0 aliphatic carbocycles. The molecule has 0 saturated heterocycles. The van der Waals surface area contributed by atoms with Gasteiger partial charge in [0.25, 0.3) is 0 Å². The number of nitriles is 1. The first-order valence-electron chi connectivity index (χ1n) is 6.29. The van der Waals surface area contributed by atoms with Gasteiger partial charge in [-0.3, -0.25) is 0 Å². The topological polar surface area (TPSA) is 62.5 Å². The predicted molar refractivity (Wildman–Crippen MR) is 74.6 cm³/mol. The molecule has 0 amide bonds. The van der Waals surface area contributed by atoms with E-state index in [1.165, 1.54) is 25.3 Å². The smallest absolute Gasteiger partial charge is 0.144 e. The van der Waals surface area contributed by atoms with Crippen molar-refractivity contribution in [2.45, 2.75) is 6.10 Å². The number of halogens is 1. The van der Waals surface area contributed by atoms with Gasteiger partial charge in [0.05, 0.1) is 7.11 Å². The van der Waals surface area contributed by atoms with E-state index in [0.29, 0.717) is 11.3 Å². The molecule has 5 heteroatoms. The quantitative estimate of drug-likeness (QED) is 0.918. The summed E-state index contributed by atoms with van der Waals surface area (Å²) in [5.74, 6) is 0.0836. The zero-order chi connectivity index (χ0) is 15.2. The monoisotopic (exact) mass is 287 g/mol. The van der Waals surface area contributed by atoms with E-state index in [-0.39, 0.29) is 17.9 Å². The van der Waals surface area contributed by atoms with Crippen molar-refractivity contribution in [2.75, 3.05) is 13.7 Å². The summed E-state index contributed by atoms with van der Waals surface area (Å²) in [5, 5.41) is 19.0. The molecule has 4 nitrogen and oxygen atoms in total. The van der Waals surface area contributed by atoms with Crippen LogP contribution >= 0.6 is 0 Å². The van der Waals surface area contributed by atoms with E-state index < -0.39 is 11.9 Å². The third-order valence-corrected chi connectivity index (χ3v) is 2.96. The maximum Gasteiger partial charge on any atom is 0.144 e. The van der Waals surface area contributed by atoms with E-state index in [0.717, 1.165) is 0 Å². The Labute approximate surface area is 122 Å². The molecular formula is C16H14FNO3. The van der Waals surface area contributed by atoms with Crippen LogP contribution in [0.3, 0.4) is 0 Å². The van der Waals surface area contributed by atoms with Crippen LogP contribution in [0.1, 0.15) is 17.2 Å². The number of ether oxygens (including phenoxy) is 2. The van der Waals surface area contributed by atoms with Crippen LogP contribution in [-0.4, -0.2) is 18.8 Å². The molecule has 2 aromatic rings. The molecule has 2 rings (SSSR count). The lowest BCUT2D eigenvalue weighted by Crippen LogP contribution is -2.10. The molecular weight excluding hydrogens is 273 g/mol. The van der Waals surface area contributed by atoms with Crippen LogP contribution in [0.5, 0.6) is 11.5 Å². The normalized spacial score (nSPS) is 11.5. The molecule has 0 heterocycles. The van der Waals surface area contributed by atoms with Crippen LogP contribution in [0.15, 0.2) is 42.5 Å². The minimum Gasteiger partial charge on any atom is -0.497 e. The number of rotatable bonds is 5. The molecule has 1 unspecified atom stereocenters. The van der Waals surface area contributed by atoms with Gasteiger partial charge in [0.15, 0.2) is 0 Å². The van der Waals surface area contributed by atoms with E-state index in [9.17, 15) is 9.50 Å². The van der Waals surface area contributed by atoms with Crippen molar-refractivity contribution in [2.24, 2.45) is 0 Å². The molecule has 1 N–H and O–H groups in total. The van der Waals surface area contributed by atoms with E-state index in [1.54, 1.807) is 30.3 Å². The lowest BCUT2D eigenvalue weighted by molar-refractivity contribution is 0.107. The average molecular weight is 287 g/mol. The molecule has 0 aliphatic rings. The van der Waals surface area contributed by atoms with Crippen LogP contribution < -0.4 is 9.47 Å². The highest BCUT2D eigenvalue weighted by Gasteiger charge is 2.13. The number of hydrogen-bond donors (Lipinski definition) is 1. The third-order valence-electron chi connectivity index (χ3n) is 2.96. The summed E-state index contributed by atoms with van der Waals surface area (Å²) in [5.41, 5.74) is 0.444. The van der Waals surface area contributed by atoms with Gasteiger partial charge in [0, 0.05) is 0 Å². The zero-order valence-electron chi connectivity index (χ0n) is 11.4. The van der Waals surface area contributed by atoms with E-state index >= 15 is 0 Å². The average Bonchev–Trinajstić information content (AvgIpc) is 2.52. The lowest BCUT2D eigenvalue weighted by atomic mass is 10.1. The Bertz CT molecular complexity index is 667. The fourth-order valence-electron chi connectivity index (χ4n) is 1.85. The molecule has 0 saturated carbocycles. The van der Waals surface area contributed by atoms with Crippen LogP contribution in [-0.2, 0) is 0 Å². The number of nitrogens with zero attached hydrogens (tertiary/aromatic N) is 1. The van der Waals surface area contributed by atoms with Gasteiger partial charge in [-0.15, -0.1) is 0 Å². The molecule has 0 bridgehead atoms. The standard InChI is InChI=1S/C16H14FNO3/c1-20-12-5-2-4-11(8-12)15(19)10-21-16-7-3-6-14(17)13(16)9-18/h2-8,15,19H,10H2,1H3. The van der Waals surface area contributed by atoms with E-state index in [4.69, 9.17) is 14.7 Å². The summed E-state index contributed by atoms with van der Waals surface area (Å²) in [6.45, 7) is -0.0920. The highest BCUT2D eigenvalue weighted by Crippen LogP contribution is 2.23. The maximum absolute atomic E-state index is 13.4. The van der Waals surface area contributed by atoms with Crippen LogP contribution in [0.2, 0.25) is 0 Å². The van der Waals surface area contributed by atoms with Crippen LogP contribution in [0, 0.1) is 17.1 Å². The molecule has 0 fully saturated rings. The molecule has 21 heavy (non-hydrogen) atoms. The Kier molecular flexibility index (Phi) is 4.75. The molecule has 0 aromatic heterocycles. The minimum atomic E-state index is -0.907. The summed E-state index contributed by atoms with van der Waals surface area (Å²) in [7, 11) is 1.54. The Hall–Kier alpha value is -2.58. The van der Waals surface area contributed by atoms with Gasteiger partial charge < -0.3 is 14.6 Å². The number of hydrogen-bond acceptors (Lipinski definition) is 4. The second-order valence-electron chi connectivity index (χ2n) is 4.33. The van der Waals surface area contributed by atoms with Crippen molar-refractivity contribution in [1.29, 1.82) is 5.26 Å². The molecule has 0 aliphatic heterocycles. The molecule has 0 spiro atoms. The summed E-state index contributed by atoms with van der Waals surface area (Å²) < 4.78 is 23.8. The second kappa shape index (κ2) is 6.73. The molecule has 108 valence electrons. The number of aliphatic hydroxyl groups excluding tert-OH is 1. The van der Waals surface area contributed by atoms with E-state index in [2.05, 4.69) is 0 Å². The van der Waals surface area contributed by atoms with Gasteiger partial charge >= 0.3 is 0 Å². The third kappa shape index (κ3) is 3.50. The molecule has 0 radical (unpaired) electrons. The second-order valence-corrected chi connectivity index (χ2v) is 4.33. The first kappa shape index (κ1) is 14.8. The van der Waals surface area contributed by atoms with Gasteiger partial charge in [-0.1, -0.05) is 18.2 Å². The predicted octanol–water partition coefficient (Wildman–Crippen LogP) is 2.82. The maximum atomic E-state index is 13.4. The van der Waals surface area contributed by atoms with Gasteiger partial charge in [0.1, 0.15) is 41.7 Å². The first-order chi connectivity index (χ1) is 10.2. The van der Waals surface area contributed by atoms with Crippen molar-refractivity contribution in [3.8, 4) is 17.6 Å². The largest absolute Gasteiger partial charge is 0.497 e. The Morgan fingerprint density at radius 1 is 1.29 bits per heavy atom. The highest BCUT2D eigenvalue weighted by molar-refractivity contribution is 5.43. The number of aliphatic hydroxyl groups is 1. The Morgan fingerprint density at radius 3 is 2.76 bits per heavy atom. The van der Waals surface area contributed by atoms with Crippen molar-refractivity contribution in [1.82, 2.24) is 0 Å².